The Morgan fingerprint density at radius 1 is 1.13 bits per heavy atom. The van der Waals surface area contributed by atoms with E-state index in [0.29, 0.717) is 46.7 Å². The van der Waals surface area contributed by atoms with E-state index in [1.807, 2.05) is 0 Å². The Kier molecular flexibility index (Phi) is 6.48. The number of thiazole rings is 1. The smallest absolute Gasteiger partial charge is 0.494 e. The molecule has 2 aromatic heterocycles. The van der Waals surface area contributed by atoms with Crippen molar-refractivity contribution >= 4 is 33.4 Å². The van der Waals surface area contributed by atoms with Crippen LogP contribution in [0.1, 0.15) is 65.1 Å². The molecule has 0 radical (unpaired) electrons. The Bertz CT molecular complexity index is 2000. The first-order valence-corrected chi connectivity index (χ1v) is 16.1. The van der Waals surface area contributed by atoms with Crippen molar-refractivity contribution in [2.45, 2.75) is 55.8 Å². The van der Waals surface area contributed by atoms with Gasteiger partial charge in [0.05, 0.1) is 29.1 Å². The third-order valence-electron chi connectivity index (χ3n) is 9.39. The minimum absolute atomic E-state index is 0.0820. The second-order valence-corrected chi connectivity index (χ2v) is 13.8. The number of amides is 2. The quantitative estimate of drug-likeness (QED) is 0.230. The molecule has 0 spiro atoms. The number of carbonyl (C=O) groups is 2. The molecule has 14 heteroatoms. The van der Waals surface area contributed by atoms with Gasteiger partial charge >= 0.3 is 6.29 Å². The van der Waals surface area contributed by atoms with Gasteiger partial charge in [0, 0.05) is 22.6 Å². The highest BCUT2D eigenvalue weighted by molar-refractivity contribution is 7.18. The number of benzene rings is 2. The highest BCUT2D eigenvalue weighted by Gasteiger charge is 2.50. The van der Waals surface area contributed by atoms with Crippen molar-refractivity contribution in [2.75, 3.05) is 20.3 Å². The number of ether oxygens (including phenoxy) is 4. The lowest BCUT2D eigenvalue weighted by Crippen LogP contribution is -2.44. The van der Waals surface area contributed by atoms with Gasteiger partial charge in [0.15, 0.2) is 11.5 Å². The Hall–Kier alpha value is -4.56. The summed E-state index contributed by atoms with van der Waals surface area (Å²) in [6.45, 7) is 1.35. The van der Waals surface area contributed by atoms with Gasteiger partial charge in [-0.1, -0.05) is 0 Å². The molecular formula is C33H30F2N4O7S. The van der Waals surface area contributed by atoms with E-state index in [9.17, 15) is 23.5 Å². The molecule has 2 aliphatic heterocycles. The normalized spacial score (nSPS) is 22.0. The predicted molar refractivity (Wildman–Crippen MR) is 165 cm³/mol. The van der Waals surface area contributed by atoms with Crippen molar-refractivity contribution in [1.82, 2.24) is 15.3 Å². The number of rotatable bonds is 9. The molecule has 47 heavy (non-hydrogen) atoms. The standard InChI is InChI=1S/C33H30F2N4O7S/c1-31(30(36)41)14-44-27-19(31)12-24(38-25(27)16-5-8-20-21(9-16)46-33(34,35)45-20)32(42,18-6-7-18)13-37-28(40)17-10-22(43-2)26-23(11-17)47-29(39-26)15-3-4-15/h5,8-12,15,18,42H,3-4,6-7,13-14H2,1-2H3,(H2,36,41)(H,37,40)/t31-,32+/m0/s1. The fourth-order valence-electron chi connectivity index (χ4n) is 6.23. The number of alkyl halides is 2. The van der Waals surface area contributed by atoms with Crippen molar-refractivity contribution in [1.29, 1.82) is 0 Å². The highest BCUT2D eigenvalue weighted by atomic mass is 32.1. The molecule has 0 bridgehead atoms. The number of hydrogen-bond donors (Lipinski definition) is 3. The molecule has 4 N–H and O–H groups in total. The number of fused-ring (bicyclic) bond motifs is 3. The molecule has 0 unspecified atom stereocenters. The molecule has 11 nitrogen and oxygen atoms in total. The fourth-order valence-corrected chi connectivity index (χ4v) is 7.42. The first-order valence-electron chi connectivity index (χ1n) is 15.3. The summed E-state index contributed by atoms with van der Waals surface area (Å²) in [6, 6.07) is 9.17. The first-order chi connectivity index (χ1) is 22.4. The van der Waals surface area contributed by atoms with Gasteiger partial charge < -0.3 is 35.1 Å². The minimum Gasteiger partial charge on any atom is -0.494 e. The molecule has 2 saturated carbocycles. The number of pyridine rings is 1. The van der Waals surface area contributed by atoms with Gasteiger partial charge in [-0.15, -0.1) is 20.1 Å². The first kappa shape index (κ1) is 29.8. The monoisotopic (exact) mass is 664 g/mol. The van der Waals surface area contributed by atoms with E-state index in [2.05, 4.69) is 14.8 Å². The van der Waals surface area contributed by atoms with Crippen molar-refractivity contribution in [3.8, 4) is 34.3 Å². The molecule has 0 saturated heterocycles. The number of primary amides is 1. The van der Waals surface area contributed by atoms with Gasteiger partial charge in [0.25, 0.3) is 5.91 Å². The lowest BCUT2D eigenvalue weighted by molar-refractivity contribution is -0.286. The minimum atomic E-state index is -3.82. The second-order valence-electron chi connectivity index (χ2n) is 12.8. The summed E-state index contributed by atoms with van der Waals surface area (Å²) < 4.78 is 49.2. The third-order valence-corrected chi connectivity index (χ3v) is 10.6. The van der Waals surface area contributed by atoms with E-state index in [4.69, 9.17) is 25.2 Å². The van der Waals surface area contributed by atoms with Crippen LogP contribution in [0.3, 0.4) is 0 Å². The number of nitrogens with two attached hydrogens (primary N) is 1. The van der Waals surface area contributed by atoms with E-state index in [1.165, 1.54) is 25.3 Å². The zero-order valence-electron chi connectivity index (χ0n) is 25.4. The molecule has 4 heterocycles. The van der Waals surface area contributed by atoms with Crippen LogP contribution in [0, 0.1) is 5.92 Å². The number of nitrogens with zero attached hydrogens (tertiary/aromatic N) is 2. The summed E-state index contributed by atoms with van der Waals surface area (Å²) in [4.78, 5) is 35.8. The van der Waals surface area contributed by atoms with Gasteiger partial charge in [-0.25, -0.2) is 9.97 Å². The van der Waals surface area contributed by atoms with Crippen LogP contribution in [-0.2, 0) is 15.8 Å². The molecular weight excluding hydrogens is 634 g/mol. The van der Waals surface area contributed by atoms with Crippen LogP contribution < -0.4 is 30.0 Å². The summed E-state index contributed by atoms with van der Waals surface area (Å²) in [6.07, 6.45) is -0.273. The van der Waals surface area contributed by atoms with Crippen LogP contribution in [0.15, 0.2) is 36.4 Å². The topological polar surface area (TPSA) is 155 Å². The fraction of sp³-hybridized carbons (Fsp3) is 0.394. The van der Waals surface area contributed by atoms with Crippen molar-refractivity contribution in [2.24, 2.45) is 11.7 Å². The number of methoxy groups -OCH3 is 1. The number of hydrogen-bond acceptors (Lipinski definition) is 10. The van der Waals surface area contributed by atoms with E-state index in [0.717, 1.165) is 22.5 Å². The maximum absolute atomic E-state index is 13.8. The molecule has 2 amide bonds. The summed E-state index contributed by atoms with van der Waals surface area (Å²) in [5.41, 5.74) is 5.08. The van der Waals surface area contributed by atoms with E-state index >= 15 is 0 Å². The van der Waals surface area contributed by atoms with E-state index < -0.39 is 29.1 Å². The SMILES string of the molecule is COc1cc(C(=O)NC[C@](O)(c2cc3c(c(-c4ccc5c(c4)OC(F)(F)O5)n2)OC[C@]3(C)C(N)=O)C2CC2)cc2sc(C3CC3)nc12. The molecule has 4 aliphatic rings. The maximum atomic E-state index is 13.8. The largest absolute Gasteiger partial charge is 0.586 e. The number of carbonyl (C=O) groups excluding carboxylic acids is 2. The zero-order chi connectivity index (χ0) is 32.9. The molecule has 2 aromatic carbocycles. The van der Waals surface area contributed by atoms with Crippen molar-refractivity contribution in [3.63, 3.8) is 0 Å². The highest BCUT2D eigenvalue weighted by Crippen LogP contribution is 2.51. The van der Waals surface area contributed by atoms with Crippen molar-refractivity contribution < 1.29 is 42.4 Å². The maximum Gasteiger partial charge on any atom is 0.586 e. The number of aliphatic hydroxyl groups is 1. The third kappa shape index (κ3) is 4.92. The van der Waals surface area contributed by atoms with Gasteiger partial charge in [-0.05, 0) is 74.9 Å². The Labute approximate surface area is 271 Å². The lowest BCUT2D eigenvalue weighted by atomic mass is 9.81. The van der Waals surface area contributed by atoms with Crippen LogP contribution >= 0.6 is 11.3 Å². The van der Waals surface area contributed by atoms with Crippen LogP contribution in [0.4, 0.5) is 8.78 Å². The molecule has 244 valence electrons. The summed E-state index contributed by atoms with van der Waals surface area (Å²) in [7, 11) is 1.53. The molecule has 8 rings (SSSR count). The Balaban J connectivity index is 1.16. The Morgan fingerprint density at radius 3 is 2.60 bits per heavy atom. The van der Waals surface area contributed by atoms with E-state index in [1.54, 1.807) is 36.5 Å². The molecule has 2 fully saturated rings. The Morgan fingerprint density at radius 2 is 1.89 bits per heavy atom. The van der Waals surface area contributed by atoms with Gasteiger partial charge in [-0.3, -0.25) is 9.59 Å². The summed E-state index contributed by atoms with van der Waals surface area (Å²) in [5, 5.41) is 16.2. The number of nitrogens with one attached hydrogen (secondary N) is 1. The number of aromatic nitrogens is 2. The zero-order valence-corrected chi connectivity index (χ0v) is 26.2. The summed E-state index contributed by atoms with van der Waals surface area (Å²) in [5.74, 6) is -0.496. The van der Waals surface area contributed by atoms with Crippen LogP contribution in [0.2, 0.25) is 0 Å². The van der Waals surface area contributed by atoms with Crippen LogP contribution in [0.5, 0.6) is 23.0 Å². The second kappa shape index (κ2) is 10.2. The van der Waals surface area contributed by atoms with Crippen LogP contribution in [0.25, 0.3) is 21.5 Å². The number of halogens is 2. The lowest BCUT2D eigenvalue weighted by Gasteiger charge is -2.30. The summed E-state index contributed by atoms with van der Waals surface area (Å²) >= 11 is 1.55. The van der Waals surface area contributed by atoms with Gasteiger partial charge in [0.1, 0.15) is 40.3 Å². The van der Waals surface area contributed by atoms with Crippen LogP contribution in [-0.4, -0.2) is 53.4 Å². The van der Waals surface area contributed by atoms with Gasteiger partial charge in [0.2, 0.25) is 5.91 Å². The average molecular weight is 665 g/mol. The average Bonchev–Trinajstić information content (AvgIpc) is 3.97. The predicted octanol–water partition coefficient (Wildman–Crippen LogP) is 4.73. The molecule has 2 aliphatic carbocycles. The van der Waals surface area contributed by atoms with Crippen molar-refractivity contribution in [3.05, 3.63) is 58.2 Å². The molecule has 4 aromatic rings. The molecule has 2 atom stereocenters. The van der Waals surface area contributed by atoms with E-state index in [-0.39, 0.29) is 47.7 Å². The van der Waals surface area contributed by atoms with Gasteiger partial charge in [-0.2, -0.15) is 0 Å².